The van der Waals surface area contributed by atoms with Gasteiger partial charge in [0.25, 0.3) is 0 Å². The van der Waals surface area contributed by atoms with Gasteiger partial charge in [-0.3, -0.25) is 4.90 Å². The van der Waals surface area contributed by atoms with E-state index in [9.17, 15) is 18.0 Å². The van der Waals surface area contributed by atoms with Crippen LogP contribution in [0.1, 0.15) is 12.0 Å². The molecule has 0 aromatic carbocycles. The van der Waals surface area contributed by atoms with Gasteiger partial charge in [-0.1, -0.05) is 6.07 Å². The summed E-state index contributed by atoms with van der Waals surface area (Å²) in [4.78, 5) is 21.4. The Morgan fingerprint density at radius 2 is 2.23 bits per heavy atom. The lowest BCUT2D eigenvalue weighted by atomic mass is 10.2. The first-order valence-electron chi connectivity index (χ1n) is 8.03. The molecule has 140 valence electrons. The van der Waals surface area contributed by atoms with Crippen molar-refractivity contribution in [3.63, 3.8) is 0 Å². The van der Waals surface area contributed by atoms with E-state index in [0.717, 1.165) is 5.56 Å². The Kier molecular flexibility index (Phi) is 5.35. The maximum Gasteiger partial charge on any atom is 0.401 e. The summed E-state index contributed by atoms with van der Waals surface area (Å²) in [5.74, 6) is 0.544. The van der Waals surface area contributed by atoms with E-state index in [0.29, 0.717) is 18.8 Å². The van der Waals surface area contributed by atoms with Crippen LogP contribution in [-0.4, -0.2) is 62.5 Å². The molecule has 2 N–H and O–H groups in total. The average molecular weight is 369 g/mol. The van der Waals surface area contributed by atoms with Crippen molar-refractivity contribution in [2.75, 3.05) is 19.6 Å². The molecule has 0 bridgehead atoms. The normalized spacial score (nSPS) is 18.0. The molecule has 0 spiro atoms. The van der Waals surface area contributed by atoms with Crippen molar-refractivity contribution in [3.05, 3.63) is 36.5 Å². The van der Waals surface area contributed by atoms with Crippen LogP contribution in [0.15, 0.2) is 31.0 Å². The van der Waals surface area contributed by atoms with Crippen LogP contribution in [0.2, 0.25) is 0 Å². The van der Waals surface area contributed by atoms with Crippen molar-refractivity contribution >= 4 is 6.03 Å². The van der Waals surface area contributed by atoms with E-state index in [4.69, 9.17) is 0 Å². The fourth-order valence-corrected chi connectivity index (χ4v) is 2.85. The molecular weight excluding hydrogens is 351 g/mol. The summed E-state index contributed by atoms with van der Waals surface area (Å²) in [5.41, 5.74) is 0.735. The van der Waals surface area contributed by atoms with Gasteiger partial charge in [-0.15, -0.1) is 0 Å². The van der Waals surface area contributed by atoms with Crippen molar-refractivity contribution in [1.82, 2.24) is 35.3 Å². The van der Waals surface area contributed by atoms with Gasteiger partial charge in [0, 0.05) is 37.4 Å². The monoisotopic (exact) mass is 369 g/mol. The fraction of sp³-hybridized carbons (Fsp3) is 0.467. The molecule has 3 heterocycles. The smallest absolute Gasteiger partial charge is 0.334 e. The third-order valence-corrected chi connectivity index (χ3v) is 3.95. The minimum absolute atomic E-state index is 0.185. The number of halogens is 3. The van der Waals surface area contributed by atoms with Crippen molar-refractivity contribution in [2.24, 2.45) is 0 Å². The van der Waals surface area contributed by atoms with Crippen LogP contribution in [0.25, 0.3) is 5.82 Å². The number of urea groups is 1. The Bertz CT molecular complexity index is 735. The summed E-state index contributed by atoms with van der Waals surface area (Å²) in [6, 6.07) is 2.80. The zero-order valence-electron chi connectivity index (χ0n) is 13.8. The van der Waals surface area contributed by atoms with Crippen LogP contribution in [0.3, 0.4) is 0 Å². The highest BCUT2D eigenvalue weighted by molar-refractivity contribution is 5.74. The van der Waals surface area contributed by atoms with E-state index in [1.165, 1.54) is 22.2 Å². The molecular formula is C15H18F3N7O. The third kappa shape index (κ3) is 4.91. The first kappa shape index (κ1) is 18.1. The van der Waals surface area contributed by atoms with Gasteiger partial charge in [0.1, 0.15) is 12.7 Å². The molecule has 1 aliphatic rings. The Hall–Kier alpha value is -2.69. The first-order chi connectivity index (χ1) is 12.4. The van der Waals surface area contributed by atoms with E-state index in [-0.39, 0.29) is 19.1 Å². The second-order valence-corrected chi connectivity index (χ2v) is 5.99. The van der Waals surface area contributed by atoms with Crippen molar-refractivity contribution in [1.29, 1.82) is 0 Å². The van der Waals surface area contributed by atoms with E-state index in [1.54, 1.807) is 18.3 Å². The maximum atomic E-state index is 12.4. The average Bonchev–Trinajstić information content (AvgIpc) is 3.24. The Balaban J connectivity index is 1.50. The highest BCUT2D eigenvalue weighted by Gasteiger charge is 2.34. The van der Waals surface area contributed by atoms with Gasteiger partial charge in [-0.2, -0.15) is 18.3 Å². The Morgan fingerprint density at radius 3 is 2.96 bits per heavy atom. The van der Waals surface area contributed by atoms with Crippen LogP contribution in [-0.2, 0) is 6.54 Å². The Morgan fingerprint density at radius 1 is 1.38 bits per heavy atom. The molecule has 2 amide bonds. The van der Waals surface area contributed by atoms with Crippen molar-refractivity contribution in [3.8, 4) is 5.82 Å². The van der Waals surface area contributed by atoms with Crippen LogP contribution >= 0.6 is 0 Å². The van der Waals surface area contributed by atoms with Crippen LogP contribution < -0.4 is 10.6 Å². The summed E-state index contributed by atoms with van der Waals surface area (Å²) >= 11 is 0. The molecule has 2 aromatic rings. The van der Waals surface area contributed by atoms with Crippen molar-refractivity contribution < 1.29 is 18.0 Å². The van der Waals surface area contributed by atoms with Crippen molar-refractivity contribution in [2.45, 2.75) is 25.2 Å². The lowest BCUT2D eigenvalue weighted by Gasteiger charge is -2.18. The molecule has 0 radical (unpaired) electrons. The number of likely N-dealkylation sites (tertiary alicyclic amines) is 1. The molecule has 1 saturated heterocycles. The molecule has 0 saturated carbocycles. The molecule has 11 heteroatoms. The summed E-state index contributed by atoms with van der Waals surface area (Å²) in [6.45, 7) is -0.259. The largest absolute Gasteiger partial charge is 0.401 e. The van der Waals surface area contributed by atoms with Crippen LogP contribution in [0.5, 0.6) is 0 Å². The molecule has 1 fully saturated rings. The molecule has 1 aliphatic heterocycles. The quantitative estimate of drug-likeness (QED) is 0.824. The second-order valence-electron chi connectivity index (χ2n) is 5.99. The minimum atomic E-state index is -4.23. The van der Waals surface area contributed by atoms with Crippen LogP contribution in [0, 0.1) is 0 Å². The molecule has 1 atom stereocenters. The van der Waals surface area contributed by atoms with Gasteiger partial charge in [0.2, 0.25) is 0 Å². The number of hydrogen-bond donors (Lipinski definition) is 2. The SMILES string of the molecule is O=C(NCc1cccnc1-n1cncn1)NC1CCN(CC(F)(F)F)C1. The first-order valence-corrected chi connectivity index (χ1v) is 8.03. The number of amides is 2. The number of nitrogens with zero attached hydrogens (tertiary/aromatic N) is 5. The standard InChI is InChI=1S/C15H18F3N7O/c16-15(17,18)8-24-5-3-12(7-24)23-14(26)21-6-11-2-1-4-20-13(11)25-10-19-9-22-25/h1-2,4,9-10,12H,3,5-8H2,(H2,21,23,26). The van der Waals surface area contributed by atoms with Gasteiger partial charge in [0.15, 0.2) is 5.82 Å². The summed E-state index contributed by atoms with van der Waals surface area (Å²) in [5, 5.41) is 9.42. The topological polar surface area (TPSA) is 88.0 Å². The maximum absolute atomic E-state index is 12.4. The number of carbonyl (C=O) groups is 1. The molecule has 3 rings (SSSR count). The fourth-order valence-electron chi connectivity index (χ4n) is 2.85. The van der Waals surface area contributed by atoms with E-state index >= 15 is 0 Å². The van der Waals surface area contributed by atoms with Gasteiger partial charge in [0.05, 0.1) is 6.54 Å². The van der Waals surface area contributed by atoms with E-state index in [2.05, 4.69) is 25.7 Å². The number of rotatable bonds is 5. The predicted molar refractivity (Wildman–Crippen MR) is 85.4 cm³/mol. The van der Waals surface area contributed by atoms with E-state index < -0.39 is 18.8 Å². The number of nitrogens with one attached hydrogen (secondary N) is 2. The molecule has 1 unspecified atom stereocenters. The predicted octanol–water partition coefficient (Wildman–Crippen LogP) is 1.10. The Labute approximate surface area is 147 Å². The second kappa shape index (κ2) is 7.68. The zero-order chi connectivity index (χ0) is 18.6. The number of pyridine rings is 1. The van der Waals surface area contributed by atoms with Gasteiger partial charge in [-0.25, -0.2) is 19.4 Å². The lowest BCUT2D eigenvalue weighted by molar-refractivity contribution is -0.143. The number of carbonyl (C=O) groups excluding carboxylic acids is 1. The third-order valence-electron chi connectivity index (χ3n) is 3.95. The molecule has 0 aliphatic carbocycles. The molecule has 26 heavy (non-hydrogen) atoms. The van der Waals surface area contributed by atoms with Gasteiger partial charge in [-0.05, 0) is 12.5 Å². The number of aromatic nitrogens is 4. The van der Waals surface area contributed by atoms with Crippen LogP contribution in [0.4, 0.5) is 18.0 Å². The zero-order valence-corrected chi connectivity index (χ0v) is 13.8. The van der Waals surface area contributed by atoms with E-state index in [1.807, 2.05) is 0 Å². The minimum Gasteiger partial charge on any atom is -0.334 e. The highest BCUT2D eigenvalue weighted by atomic mass is 19.4. The summed E-state index contributed by atoms with van der Waals surface area (Å²) < 4.78 is 38.7. The molecule has 2 aromatic heterocycles. The summed E-state index contributed by atoms with van der Waals surface area (Å²) in [6.07, 6.45) is 0.745. The highest BCUT2D eigenvalue weighted by Crippen LogP contribution is 2.19. The molecule has 8 nitrogen and oxygen atoms in total. The summed E-state index contributed by atoms with van der Waals surface area (Å²) in [7, 11) is 0. The number of hydrogen-bond acceptors (Lipinski definition) is 5. The lowest BCUT2D eigenvalue weighted by Crippen LogP contribution is -2.43. The van der Waals surface area contributed by atoms with Gasteiger partial charge < -0.3 is 10.6 Å². The number of alkyl halides is 3. The van der Waals surface area contributed by atoms with Gasteiger partial charge >= 0.3 is 12.2 Å².